The van der Waals surface area contributed by atoms with Gasteiger partial charge in [0.1, 0.15) is 5.75 Å². The Hall–Kier alpha value is -3.55. The highest BCUT2D eigenvalue weighted by atomic mass is 35.5. The highest BCUT2D eigenvalue weighted by molar-refractivity contribution is 8.18. The summed E-state index contributed by atoms with van der Waals surface area (Å²) in [5.74, 6) is 0.0651. The smallest absolute Gasteiger partial charge is 0.264 e. The van der Waals surface area contributed by atoms with Crippen molar-refractivity contribution in [2.45, 2.75) is 6.92 Å². The molecule has 0 spiro atoms. The second kappa shape index (κ2) is 10.4. The number of benzene rings is 3. The molecular formula is C25H20ClN3O3S. The van der Waals surface area contributed by atoms with Crippen molar-refractivity contribution in [3.63, 3.8) is 0 Å². The Morgan fingerprint density at radius 1 is 1.12 bits per heavy atom. The van der Waals surface area contributed by atoms with Gasteiger partial charge in [0.2, 0.25) is 0 Å². The third kappa shape index (κ3) is 6.47. The van der Waals surface area contributed by atoms with Gasteiger partial charge >= 0.3 is 0 Å². The van der Waals surface area contributed by atoms with E-state index in [0.717, 1.165) is 16.8 Å². The number of halogens is 1. The monoisotopic (exact) mass is 477 g/mol. The molecule has 0 unspecified atom stereocenters. The van der Waals surface area contributed by atoms with E-state index in [2.05, 4.69) is 15.6 Å². The molecule has 1 fully saturated rings. The van der Waals surface area contributed by atoms with Crippen LogP contribution in [0.25, 0.3) is 6.08 Å². The van der Waals surface area contributed by atoms with E-state index in [1.807, 2.05) is 43.3 Å². The Morgan fingerprint density at radius 2 is 1.88 bits per heavy atom. The second-order valence-corrected chi connectivity index (χ2v) is 8.70. The summed E-state index contributed by atoms with van der Waals surface area (Å²) in [6.45, 7) is 1.88. The number of aryl methyl sites for hydroxylation is 1. The fourth-order valence-corrected chi connectivity index (χ4v) is 3.97. The first kappa shape index (κ1) is 22.6. The third-order valence-electron chi connectivity index (χ3n) is 4.57. The van der Waals surface area contributed by atoms with E-state index < -0.39 is 0 Å². The van der Waals surface area contributed by atoms with E-state index in [0.29, 0.717) is 26.5 Å². The number of thioether (sulfide) groups is 1. The van der Waals surface area contributed by atoms with Crippen molar-refractivity contribution in [2.24, 2.45) is 4.99 Å². The molecule has 166 valence electrons. The maximum absolute atomic E-state index is 12.3. The van der Waals surface area contributed by atoms with Gasteiger partial charge in [-0.25, -0.2) is 4.99 Å². The van der Waals surface area contributed by atoms with Gasteiger partial charge in [0.15, 0.2) is 11.8 Å². The fraction of sp³-hybridized carbons (Fsp3) is 0.0800. The molecule has 33 heavy (non-hydrogen) atoms. The molecule has 8 heteroatoms. The number of hydrogen-bond acceptors (Lipinski definition) is 5. The molecule has 6 nitrogen and oxygen atoms in total. The molecule has 0 radical (unpaired) electrons. The number of anilines is 1. The van der Waals surface area contributed by atoms with E-state index in [9.17, 15) is 9.59 Å². The maximum atomic E-state index is 12.3. The number of ether oxygens (including phenoxy) is 1. The normalized spacial score (nSPS) is 15.5. The lowest BCUT2D eigenvalue weighted by Crippen LogP contribution is -2.20. The predicted molar refractivity (Wildman–Crippen MR) is 134 cm³/mol. The summed E-state index contributed by atoms with van der Waals surface area (Å²) >= 11 is 7.20. The fourth-order valence-electron chi connectivity index (χ4n) is 2.94. The molecule has 3 aromatic carbocycles. The number of carbonyl (C=O) groups excluding carboxylic acids is 2. The maximum Gasteiger partial charge on any atom is 0.264 e. The van der Waals surface area contributed by atoms with Gasteiger partial charge in [-0.05, 0) is 72.8 Å². The Bertz CT molecular complexity index is 1240. The van der Waals surface area contributed by atoms with Crippen molar-refractivity contribution in [3.05, 3.63) is 93.9 Å². The molecule has 0 aromatic heterocycles. The number of hydrogen-bond donors (Lipinski definition) is 2. The van der Waals surface area contributed by atoms with E-state index >= 15 is 0 Å². The minimum Gasteiger partial charge on any atom is -0.484 e. The Kier molecular flexibility index (Phi) is 7.12. The van der Waals surface area contributed by atoms with Crippen molar-refractivity contribution < 1.29 is 14.3 Å². The van der Waals surface area contributed by atoms with Crippen LogP contribution in [0.5, 0.6) is 5.75 Å². The van der Waals surface area contributed by atoms with Crippen LogP contribution in [0.2, 0.25) is 5.02 Å². The van der Waals surface area contributed by atoms with E-state index in [1.54, 1.807) is 42.5 Å². The Morgan fingerprint density at radius 3 is 2.61 bits per heavy atom. The summed E-state index contributed by atoms with van der Waals surface area (Å²) in [7, 11) is 0. The van der Waals surface area contributed by atoms with E-state index in [-0.39, 0.29) is 18.4 Å². The van der Waals surface area contributed by atoms with E-state index in [1.165, 1.54) is 11.8 Å². The van der Waals surface area contributed by atoms with Gasteiger partial charge in [0, 0.05) is 10.7 Å². The van der Waals surface area contributed by atoms with Gasteiger partial charge in [-0.1, -0.05) is 47.5 Å². The SMILES string of the molecule is Cc1ccc(N=C2NC(=O)/C(=C/c3ccc(OCC(=O)Nc4cccc(Cl)c4)cc3)S2)cc1. The van der Waals surface area contributed by atoms with Crippen molar-refractivity contribution >= 4 is 57.8 Å². The summed E-state index contributed by atoms with van der Waals surface area (Å²) in [5, 5.41) is 6.59. The van der Waals surface area contributed by atoms with Crippen molar-refractivity contribution in [2.75, 3.05) is 11.9 Å². The minimum atomic E-state index is -0.289. The van der Waals surface area contributed by atoms with Crippen LogP contribution in [0.3, 0.4) is 0 Å². The second-order valence-electron chi connectivity index (χ2n) is 7.23. The molecule has 1 aliphatic heterocycles. The van der Waals surface area contributed by atoms with Gasteiger partial charge in [0.05, 0.1) is 10.6 Å². The predicted octanol–water partition coefficient (Wildman–Crippen LogP) is 5.56. The summed E-state index contributed by atoms with van der Waals surface area (Å²) in [6.07, 6.45) is 1.79. The number of aliphatic imine (C=N–C) groups is 1. The Balaban J connectivity index is 1.33. The van der Waals surface area contributed by atoms with Crippen LogP contribution >= 0.6 is 23.4 Å². The number of amides is 2. The number of carbonyl (C=O) groups is 2. The molecule has 1 aliphatic rings. The summed E-state index contributed by atoms with van der Waals surface area (Å²) in [5.41, 5.74) is 3.37. The number of nitrogens with one attached hydrogen (secondary N) is 2. The number of nitrogens with zero attached hydrogens (tertiary/aromatic N) is 1. The van der Waals surface area contributed by atoms with Crippen molar-refractivity contribution in [3.8, 4) is 5.75 Å². The lowest BCUT2D eigenvalue weighted by molar-refractivity contribution is -0.118. The average molecular weight is 478 g/mol. The van der Waals surface area contributed by atoms with Gasteiger partial charge in [-0.2, -0.15) is 0 Å². The van der Waals surface area contributed by atoms with Gasteiger partial charge < -0.3 is 15.4 Å². The highest BCUT2D eigenvalue weighted by Crippen LogP contribution is 2.28. The molecule has 0 bridgehead atoms. The molecule has 2 N–H and O–H groups in total. The van der Waals surface area contributed by atoms with Crippen LogP contribution in [0, 0.1) is 6.92 Å². The quantitative estimate of drug-likeness (QED) is 0.456. The molecule has 0 saturated carbocycles. The van der Waals surface area contributed by atoms with Crippen molar-refractivity contribution in [1.29, 1.82) is 0 Å². The van der Waals surface area contributed by atoms with Crippen LogP contribution in [-0.2, 0) is 9.59 Å². The van der Waals surface area contributed by atoms with Gasteiger partial charge in [-0.3, -0.25) is 9.59 Å². The lowest BCUT2D eigenvalue weighted by Gasteiger charge is -2.08. The molecule has 3 aromatic rings. The standard InChI is InChI=1S/C25H20ClN3O3S/c1-16-5-9-19(10-6-16)28-25-29-24(31)22(33-25)13-17-7-11-21(12-8-17)32-15-23(30)27-20-4-2-3-18(26)14-20/h2-14H,15H2,1H3,(H,27,30)(H,28,29,31)/b22-13-. The summed E-state index contributed by atoms with van der Waals surface area (Å²) in [4.78, 5) is 29.4. The average Bonchev–Trinajstić information content (AvgIpc) is 3.13. The number of rotatable bonds is 6. The lowest BCUT2D eigenvalue weighted by atomic mass is 10.2. The first-order chi connectivity index (χ1) is 15.9. The zero-order valence-electron chi connectivity index (χ0n) is 17.7. The van der Waals surface area contributed by atoms with Crippen LogP contribution < -0.4 is 15.4 Å². The largest absolute Gasteiger partial charge is 0.484 e. The third-order valence-corrected chi connectivity index (χ3v) is 5.72. The van der Waals surface area contributed by atoms with E-state index in [4.69, 9.17) is 16.3 Å². The molecular weight excluding hydrogens is 458 g/mol. The molecule has 1 saturated heterocycles. The van der Waals surface area contributed by atoms with Crippen LogP contribution in [0.15, 0.2) is 82.7 Å². The number of amidine groups is 1. The van der Waals surface area contributed by atoms with Crippen LogP contribution in [0.4, 0.5) is 11.4 Å². The topological polar surface area (TPSA) is 79.8 Å². The molecule has 4 rings (SSSR count). The molecule has 2 amide bonds. The molecule has 0 atom stereocenters. The molecule has 0 aliphatic carbocycles. The van der Waals surface area contributed by atoms with Crippen molar-refractivity contribution in [1.82, 2.24) is 5.32 Å². The van der Waals surface area contributed by atoms with Crippen LogP contribution in [0.1, 0.15) is 11.1 Å². The first-order valence-corrected chi connectivity index (χ1v) is 11.3. The highest BCUT2D eigenvalue weighted by Gasteiger charge is 2.23. The summed E-state index contributed by atoms with van der Waals surface area (Å²) < 4.78 is 5.54. The van der Waals surface area contributed by atoms with Gasteiger partial charge in [-0.15, -0.1) is 0 Å². The summed E-state index contributed by atoms with van der Waals surface area (Å²) in [6, 6.07) is 21.8. The van der Waals surface area contributed by atoms with Crippen LogP contribution in [-0.4, -0.2) is 23.6 Å². The first-order valence-electron chi connectivity index (χ1n) is 10.1. The zero-order chi connectivity index (χ0) is 23.2. The zero-order valence-corrected chi connectivity index (χ0v) is 19.2. The van der Waals surface area contributed by atoms with Gasteiger partial charge in [0.25, 0.3) is 11.8 Å². The minimum absolute atomic E-state index is 0.135. The Labute approximate surface area is 200 Å². The molecule has 1 heterocycles.